The molecule has 0 radical (unpaired) electrons. The molecule has 0 saturated heterocycles. The lowest BCUT2D eigenvalue weighted by Crippen LogP contribution is -2.26. The smallest absolute Gasteiger partial charge is 0.257 e. The van der Waals surface area contributed by atoms with E-state index >= 15 is 0 Å². The second-order valence-corrected chi connectivity index (χ2v) is 5.79. The number of rotatable bonds is 5. The first kappa shape index (κ1) is 18.8. The largest absolute Gasteiger partial charge is 0.545 e. The van der Waals surface area contributed by atoms with E-state index < -0.39 is 23.6 Å². The average molecular weight is 377 g/mol. The van der Waals surface area contributed by atoms with Crippen LogP contribution in [0.3, 0.4) is 0 Å². The van der Waals surface area contributed by atoms with E-state index in [9.17, 15) is 23.9 Å². The van der Waals surface area contributed by atoms with Crippen LogP contribution in [0, 0.1) is 5.82 Å². The average Bonchev–Trinajstić information content (AvgIpc) is 2.70. The molecule has 0 saturated carbocycles. The Balaban J connectivity index is 1.84. The summed E-state index contributed by atoms with van der Waals surface area (Å²) in [6, 6.07) is 17.1. The molecule has 0 aromatic heterocycles. The van der Waals surface area contributed by atoms with Gasteiger partial charge in [-0.3, -0.25) is 9.59 Å². The van der Waals surface area contributed by atoms with Gasteiger partial charge in [0.05, 0.1) is 17.2 Å². The van der Waals surface area contributed by atoms with Gasteiger partial charge in [0.25, 0.3) is 11.8 Å². The van der Waals surface area contributed by atoms with Crippen molar-refractivity contribution in [2.75, 3.05) is 10.6 Å². The first-order valence-corrected chi connectivity index (χ1v) is 8.23. The lowest BCUT2D eigenvalue weighted by Gasteiger charge is -2.13. The number of para-hydroxylation sites is 1. The zero-order valence-electron chi connectivity index (χ0n) is 14.4. The van der Waals surface area contributed by atoms with Crippen LogP contribution in [-0.4, -0.2) is 17.8 Å². The monoisotopic (exact) mass is 377 g/mol. The minimum absolute atomic E-state index is 0.0868. The van der Waals surface area contributed by atoms with E-state index in [1.54, 1.807) is 12.1 Å². The van der Waals surface area contributed by atoms with Crippen molar-refractivity contribution in [3.8, 4) is 0 Å². The highest BCUT2D eigenvalue weighted by Crippen LogP contribution is 2.19. The molecule has 3 aromatic carbocycles. The maximum atomic E-state index is 13.0. The summed E-state index contributed by atoms with van der Waals surface area (Å²) in [6.45, 7) is 0. The SMILES string of the molecule is O=C(Nc1ccc(F)cc1)c1ccccc1NC(=O)c1ccccc1C(=O)[O-]. The van der Waals surface area contributed by atoms with Crippen LogP contribution in [0.5, 0.6) is 0 Å². The minimum atomic E-state index is -1.48. The highest BCUT2D eigenvalue weighted by molar-refractivity contribution is 6.14. The molecule has 7 heteroatoms. The lowest BCUT2D eigenvalue weighted by atomic mass is 10.1. The van der Waals surface area contributed by atoms with Crippen LogP contribution < -0.4 is 15.7 Å². The molecule has 0 heterocycles. The first-order valence-electron chi connectivity index (χ1n) is 8.23. The van der Waals surface area contributed by atoms with Crippen molar-refractivity contribution in [3.63, 3.8) is 0 Å². The van der Waals surface area contributed by atoms with Crippen molar-refractivity contribution in [3.05, 3.63) is 95.3 Å². The van der Waals surface area contributed by atoms with Crippen molar-refractivity contribution in [1.82, 2.24) is 0 Å². The summed E-state index contributed by atoms with van der Waals surface area (Å²) < 4.78 is 13.0. The maximum Gasteiger partial charge on any atom is 0.257 e. The fraction of sp³-hybridized carbons (Fsp3) is 0. The van der Waals surface area contributed by atoms with Crippen LogP contribution in [-0.2, 0) is 0 Å². The number of carboxylic acids is 1. The molecule has 0 fully saturated rings. The van der Waals surface area contributed by atoms with E-state index in [0.29, 0.717) is 5.69 Å². The molecule has 0 spiro atoms. The predicted molar refractivity (Wildman–Crippen MR) is 99.5 cm³/mol. The van der Waals surface area contributed by atoms with Crippen LogP contribution in [0.15, 0.2) is 72.8 Å². The number of carboxylic acid groups (broad SMARTS) is 1. The number of amides is 2. The number of carbonyl (C=O) groups is 3. The minimum Gasteiger partial charge on any atom is -0.545 e. The molecule has 140 valence electrons. The molecule has 3 rings (SSSR count). The van der Waals surface area contributed by atoms with Crippen molar-refractivity contribution >= 4 is 29.2 Å². The van der Waals surface area contributed by atoms with Gasteiger partial charge in [-0.25, -0.2) is 4.39 Å². The molecule has 0 bridgehead atoms. The number of nitrogens with one attached hydrogen (secondary N) is 2. The zero-order chi connectivity index (χ0) is 20.1. The number of hydrogen-bond donors (Lipinski definition) is 2. The summed E-state index contributed by atoms with van der Waals surface area (Å²) in [4.78, 5) is 36.3. The summed E-state index contributed by atoms with van der Waals surface area (Å²) in [5.74, 6) is -3.12. The third-order valence-electron chi connectivity index (χ3n) is 3.91. The van der Waals surface area contributed by atoms with E-state index in [1.165, 1.54) is 60.7 Å². The second-order valence-electron chi connectivity index (χ2n) is 5.79. The first-order chi connectivity index (χ1) is 13.5. The van der Waals surface area contributed by atoms with Gasteiger partial charge in [-0.1, -0.05) is 30.3 Å². The molecular formula is C21H14FN2O4-. The van der Waals surface area contributed by atoms with Crippen LogP contribution in [0.2, 0.25) is 0 Å². The van der Waals surface area contributed by atoms with Gasteiger partial charge in [0, 0.05) is 16.8 Å². The Kier molecular flexibility index (Phi) is 5.45. The molecule has 6 nitrogen and oxygen atoms in total. The van der Waals surface area contributed by atoms with Crippen LogP contribution in [0.4, 0.5) is 15.8 Å². The van der Waals surface area contributed by atoms with Crippen molar-refractivity contribution in [1.29, 1.82) is 0 Å². The van der Waals surface area contributed by atoms with Crippen molar-refractivity contribution in [2.45, 2.75) is 0 Å². The third-order valence-corrected chi connectivity index (χ3v) is 3.91. The Morgan fingerprint density at radius 2 is 1.21 bits per heavy atom. The molecule has 0 aliphatic rings. The number of anilines is 2. The number of aromatic carboxylic acids is 1. The lowest BCUT2D eigenvalue weighted by molar-refractivity contribution is -0.255. The molecular weight excluding hydrogens is 363 g/mol. The quantitative estimate of drug-likeness (QED) is 0.714. The normalized spacial score (nSPS) is 10.2. The topological polar surface area (TPSA) is 98.3 Å². The molecule has 2 amide bonds. The molecule has 2 N–H and O–H groups in total. The fourth-order valence-corrected chi connectivity index (χ4v) is 2.57. The predicted octanol–water partition coefficient (Wildman–Crippen LogP) is 2.69. The summed E-state index contributed by atoms with van der Waals surface area (Å²) in [5.41, 5.74) is 0.394. The summed E-state index contributed by atoms with van der Waals surface area (Å²) in [7, 11) is 0. The van der Waals surface area contributed by atoms with Crippen LogP contribution >= 0.6 is 0 Å². The molecule has 3 aromatic rings. The van der Waals surface area contributed by atoms with Gasteiger partial charge >= 0.3 is 0 Å². The van der Waals surface area contributed by atoms with Crippen molar-refractivity contribution < 1.29 is 23.9 Å². The highest BCUT2D eigenvalue weighted by Gasteiger charge is 2.16. The van der Waals surface area contributed by atoms with E-state index in [4.69, 9.17) is 0 Å². The van der Waals surface area contributed by atoms with Gasteiger partial charge in [-0.15, -0.1) is 0 Å². The molecule has 0 aliphatic heterocycles. The second kappa shape index (κ2) is 8.13. The van der Waals surface area contributed by atoms with Gasteiger partial charge < -0.3 is 20.5 Å². The Hall–Kier alpha value is -4.00. The van der Waals surface area contributed by atoms with Gasteiger partial charge in [-0.2, -0.15) is 0 Å². The number of halogens is 1. The van der Waals surface area contributed by atoms with Crippen molar-refractivity contribution in [2.24, 2.45) is 0 Å². The van der Waals surface area contributed by atoms with Gasteiger partial charge in [0.15, 0.2) is 0 Å². The standard InChI is InChI=1S/C21H15FN2O4/c22-13-9-11-14(12-10-13)23-20(26)17-7-3-4-8-18(17)24-19(25)15-5-1-2-6-16(15)21(27)28/h1-12H,(H,23,26)(H,24,25)(H,27,28)/p-1. The van der Waals surface area contributed by atoms with E-state index in [1.807, 2.05) is 0 Å². The number of benzene rings is 3. The molecule has 0 aliphatic carbocycles. The van der Waals surface area contributed by atoms with Gasteiger partial charge in [0.1, 0.15) is 5.82 Å². The molecule has 0 atom stereocenters. The third kappa shape index (κ3) is 4.21. The van der Waals surface area contributed by atoms with Gasteiger partial charge in [0.2, 0.25) is 0 Å². The zero-order valence-corrected chi connectivity index (χ0v) is 14.4. The number of hydrogen-bond acceptors (Lipinski definition) is 4. The molecule has 0 unspecified atom stereocenters. The van der Waals surface area contributed by atoms with Gasteiger partial charge in [-0.05, 0) is 42.5 Å². The summed E-state index contributed by atoms with van der Waals surface area (Å²) in [5, 5.41) is 16.4. The van der Waals surface area contributed by atoms with Crippen LogP contribution in [0.1, 0.15) is 31.1 Å². The highest BCUT2D eigenvalue weighted by atomic mass is 19.1. The van der Waals surface area contributed by atoms with Crippen LogP contribution in [0.25, 0.3) is 0 Å². The summed E-state index contributed by atoms with van der Waals surface area (Å²) >= 11 is 0. The summed E-state index contributed by atoms with van der Waals surface area (Å²) in [6.07, 6.45) is 0. The van der Waals surface area contributed by atoms with E-state index in [-0.39, 0.29) is 22.4 Å². The van der Waals surface area contributed by atoms with E-state index in [2.05, 4.69) is 10.6 Å². The number of carbonyl (C=O) groups excluding carboxylic acids is 3. The Morgan fingerprint density at radius 3 is 1.86 bits per heavy atom. The van der Waals surface area contributed by atoms with E-state index in [0.717, 1.165) is 0 Å². The Bertz CT molecular complexity index is 1050. The Labute approximate surface area is 159 Å². The fourth-order valence-electron chi connectivity index (χ4n) is 2.57. The maximum absolute atomic E-state index is 13.0. The Morgan fingerprint density at radius 1 is 0.679 bits per heavy atom. The molecule has 28 heavy (non-hydrogen) atoms.